The maximum atomic E-state index is 12.8. The fourth-order valence-corrected chi connectivity index (χ4v) is 3.98. The third kappa shape index (κ3) is 5.70. The molecule has 2 N–H and O–H groups in total. The summed E-state index contributed by atoms with van der Waals surface area (Å²) in [5, 5.41) is 5.10. The van der Waals surface area contributed by atoms with E-state index in [1.54, 1.807) is 24.6 Å². The van der Waals surface area contributed by atoms with E-state index in [1.807, 2.05) is 72.8 Å². The third-order valence-electron chi connectivity index (χ3n) is 5.53. The van der Waals surface area contributed by atoms with Crippen molar-refractivity contribution in [1.29, 1.82) is 0 Å². The molecule has 0 unspecified atom stereocenters. The molecular formula is C27H25ClN4O3. The van der Waals surface area contributed by atoms with Crippen molar-refractivity contribution in [2.75, 3.05) is 6.61 Å². The van der Waals surface area contributed by atoms with Crippen LogP contribution in [0.4, 0.5) is 0 Å². The summed E-state index contributed by atoms with van der Waals surface area (Å²) in [6, 6.07) is 24.7. The van der Waals surface area contributed by atoms with Crippen molar-refractivity contribution < 1.29 is 14.3 Å². The number of hydrogen-bond acceptors (Lipinski definition) is 4. The molecule has 1 aromatic heterocycles. The Morgan fingerprint density at radius 1 is 0.914 bits per heavy atom. The third-order valence-corrected chi connectivity index (χ3v) is 5.90. The first-order valence-corrected chi connectivity index (χ1v) is 11.5. The zero-order valence-electron chi connectivity index (χ0n) is 19.4. The first-order chi connectivity index (χ1) is 16.9. The van der Waals surface area contributed by atoms with Crippen LogP contribution < -0.4 is 15.6 Å². The molecule has 0 atom stereocenters. The number of halogens is 1. The van der Waals surface area contributed by atoms with E-state index in [1.165, 1.54) is 0 Å². The highest BCUT2D eigenvalue weighted by atomic mass is 35.5. The average molecular weight is 489 g/mol. The highest BCUT2D eigenvalue weighted by Gasteiger charge is 2.20. The van der Waals surface area contributed by atoms with Gasteiger partial charge in [0.2, 0.25) is 0 Å². The quantitative estimate of drug-likeness (QED) is 0.369. The van der Waals surface area contributed by atoms with Gasteiger partial charge in [-0.25, -0.2) is 0 Å². The summed E-state index contributed by atoms with van der Waals surface area (Å²) in [5.41, 5.74) is 9.24. The van der Waals surface area contributed by atoms with Gasteiger partial charge < -0.3 is 4.74 Å². The zero-order valence-corrected chi connectivity index (χ0v) is 20.2. The van der Waals surface area contributed by atoms with Gasteiger partial charge in [0.25, 0.3) is 11.8 Å². The number of carbonyl (C=O) groups is 2. The van der Waals surface area contributed by atoms with Gasteiger partial charge in [-0.1, -0.05) is 78.3 Å². The Hall–Kier alpha value is -4.10. The van der Waals surface area contributed by atoms with Gasteiger partial charge in [0, 0.05) is 16.3 Å². The van der Waals surface area contributed by atoms with Crippen LogP contribution in [0.15, 0.2) is 78.9 Å². The summed E-state index contributed by atoms with van der Waals surface area (Å²) < 4.78 is 7.45. The number of aryl methyl sites for hydroxylation is 1. The topological polar surface area (TPSA) is 85.3 Å². The summed E-state index contributed by atoms with van der Waals surface area (Å²) >= 11 is 6.26. The zero-order chi connectivity index (χ0) is 24.8. The molecule has 0 aliphatic heterocycles. The van der Waals surface area contributed by atoms with Crippen molar-refractivity contribution in [3.05, 3.63) is 106 Å². The predicted molar refractivity (Wildman–Crippen MR) is 135 cm³/mol. The lowest BCUT2D eigenvalue weighted by molar-refractivity contribution is -0.123. The van der Waals surface area contributed by atoms with Gasteiger partial charge in [-0.05, 0) is 37.1 Å². The summed E-state index contributed by atoms with van der Waals surface area (Å²) in [6.45, 7) is 3.72. The number of hydrazine groups is 1. The second-order valence-corrected chi connectivity index (χ2v) is 8.36. The maximum absolute atomic E-state index is 12.8. The van der Waals surface area contributed by atoms with Crippen LogP contribution in [0.5, 0.6) is 5.75 Å². The van der Waals surface area contributed by atoms with E-state index in [9.17, 15) is 9.59 Å². The lowest BCUT2D eigenvalue weighted by Gasteiger charge is -2.12. The number of nitrogens with one attached hydrogen (secondary N) is 2. The van der Waals surface area contributed by atoms with E-state index < -0.39 is 11.8 Å². The molecule has 0 saturated heterocycles. The van der Waals surface area contributed by atoms with Crippen molar-refractivity contribution in [1.82, 2.24) is 20.6 Å². The summed E-state index contributed by atoms with van der Waals surface area (Å²) in [6.07, 6.45) is 0. The predicted octanol–water partition coefficient (Wildman–Crippen LogP) is 4.71. The molecule has 7 nitrogen and oxygen atoms in total. The van der Waals surface area contributed by atoms with Crippen LogP contribution in [0.25, 0.3) is 11.1 Å². The molecule has 0 spiro atoms. The Balaban J connectivity index is 1.36. The molecule has 1 heterocycles. The Kier molecular flexibility index (Phi) is 7.48. The van der Waals surface area contributed by atoms with Crippen LogP contribution in [0.3, 0.4) is 0 Å². The van der Waals surface area contributed by atoms with E-state index >= 15 is 0 Å². The fraction of sp³-hybridized carbons (Fsp3) is 0.148. The normalized spacial score (nSPS) is 10.6. The van der Waals surface area contributed by atoms with E-state index in [2.05, 4.69) is 16.0 Å². The first kappa shape index (κ1) is 24.0. The van der Waals surface area contributed by atoms with Crippen LogP contribution in [0.1, 0.15) is 27.3 Å². The number of hydrogen-bond donors (Lipinski definition) is 2. The molecule has 178 valence electrons. The number of benzene rings is 3. The van der Waals surface area contributed by atoms with Crippen LogP contribution in [0, 0.1) is 13.8 Å². The lowest BCUT2D eigenvalue weighted by atomic mass is 10.1. The van der Waals surface area contributed by atoms with Crippen LogP contribution in [-0.2, 0) is 11.3 Å². The second kappa shape index (κ2) is 10.9. The SMILES string of the molecule is Cc1nn(Cc2ccccc2Cl)c(C)c1C(=O)NNC(=O)COc1ccccc1-c1ccccc1. The smallest absolute Gasteiger partial charge is 0.276 e. The van der Waals surface area contributed by atoms with E-state index in [0.717, 1.165) is 16.7 Å². The van der Waals surface area contributed by atoms with Gasteiger partial charge in [-0.15, -0.1) is 0 Å². The second-order valence-electron chi connectivity index (χ2n) is 7.95. The van der Waals surface area contributed by atoms with Crippen molar-refractivity contribution >= 4 is 23.4 Å². The number of amides is 2. The summed E-state index contributed by atoms with van der Waals surface area (Å²) in [5.74, 6) is -0.365. The maximum Gasteiger partial charge on any atom is 0.276 e. The molecule has 4 rings (SSSR count). The monoisotopic (exact) mass is 488 g/mol. The fourth-order valence-electron chi connectivity index (χ4n) is 3.78. The lowest BCUT2D eigenvalue weighted by Crippen LogP contribution is -2.44. The number of rotatable bonds is 7. The molecular weight excluding hydrogens is 464 g/mol. The molecule has 0 bridgehead atoms. The van der Waals surface area contributed by atoms with E-state index in [-0.39, 0.29) is 6.61 Å². The standard InChI is InChI=1S/C27H25ClN4O3/c1-18-26(19(2)32(31-18)16-21-12-6-8-14-23(21)28)27(34)30-29-25(33)17-35-24-15-9-7-13-22(24)20-10-4-3-5-11-20/h3-15H,16-17H2,1-2H3,(H,29,33)(H,30,34). The molecule has 2 amide bonds. The Morgan fingerprint density at radius 3 is 2.37 bits per heavy atom. The number of aromatic nitrogens is 2. The van der Waals surface area contributed by atoms with Gasteiger partial charge in [-0.3, -0.25) is 25.1 Å². The number of para-hydroxylation sites is 1. The van der Waals surface area contributed by atoms with E-state index in [0.29, 0.717) is 34.3 Å². The molecule has 4 aromatic rings. The highest BCUT2D eigenvalue weighted by molar-refractivity contribution is 6.31. The molecule has 3 aromatic carbocycles. The van der Waals surface area contributed by atoms with Gasteiger partial charge in [-0.2, -0.15) is 5.10 Å². The average Bonchev–Trinajstić information content (AvgIpc) is 3.15. The number of nitrogens with zero attached hydrogens (tertiary/aromatic N) is 2. The minimum atomic E-state index is -0.486. The minimum Gasteiger partial charge on any atom is -0.483 e. The molecule has 0 aliphatic carbocycles. The largest absolute Gasteiger partial charge is 0.483 e. The van der Waals surface area contributed by atoms with Crippen molar-refractivity contribution in [3.63, 3.8) is 0 Å². The van der Waals surface area contributed by atoms with Crippen LogP contribution >= 0.6 is 11.6 Å². The van der Waals surface area contributed by atoms with Crippen molar-refractivity contribution in [3.8, 4) is 16.9 Å². The molecule has 0 aliphatic rings. The highest BCUT2D eigenvalue weighted by Crippen LogP contribution is 2.29. The van der Waals surface area contributed by atoms with Gasteiger partial charge in [0.1, 0.15) is 5.75 Å². The van der Waals surface area contributed by atoms with Gasteiger partial charge >= 0.3 is 0 Å². The van der Waals surface area contributed by atoms with Gasteiger partial charge in [0.15, 0.2) is 6.61 Å². The van der Waals surface area contributed by atoms with Crippen LogP contribution in [0.2, 0.25) is 5.02 Å². The Morgan fingerprint density at radius 2 is 1.60 bits per heavy atom. The number of ether oxygens (including phenoxy) is 1. The molecule has 0 radical (unpaired) electrons. The Labute approximate surface area is 208 Å². The number of carbonyl (C=O) groups excluding carboxylic acids is 2. The van der Waals surface area contributed by atoms with E-state index in [4.69, 9.17) is 16.3 Å². The van der Waals surface area contributed by atoms with Crippen LogP contribution in [-0.4, -0.2) is 28.2 Å². The summed E-state index contributed by atoms with van der Waals surface area (Å²) in [7, 11) is 0. The molecule has 35 heavy (non-hydrogen) atoms. The molecule has 0 fully saturated rings. The summed E-state index contributed by atoms with van der Waals surface area (Å²) in [4.78, 5) is 25.2. The van der Waals surface area contributed by atoms with Crippen molar-refractivity contribution in [2.24, 2.45) is 0 Å². The van der Waals surface area contributed by atoms with Crippen molar-refractivity contribution in [2.45, 2.75) is 20.4 Å². The van der Waals surface area contributed by atoms with Gasteiger partial charge in [0.05, 0.1) is 17.8 Å². The first-order valence-electron chi connectivity index (χ1n) is 11.1. The molecule has 8 heteroatoms. The minimum absolute atomic E-state index is 0.256. The molecule has 0 saturated carbocycles. The Bertz CT molecular complexity index is 1350.